The van der Waals surface area contributed by atoms with Gasteiger partial charge in [-0.2, -0.15) is 0 Å². The van der Waals surface area contributed by atoms with E-state index in [9.17, 15) is 4.79 Å². The van der Waals surface area contributed by atoms with E-state index in [1.54, 1.807) is 6.92 Å². The van der Waals surface area contributed by atoms with Crippen LogP contribution in [0.25, 0.3) is 0 Å². The van der Waals surface area contributed by atoms with Gasteiger partial charge in [0.1, 0.15) is 11.4 Å². The summed E-state index contributed by atoms with van der Waals surface area (Å²) in [6, 6.07) is 10.3. The second-order valence-electron chi connectivity index (χ2n) is 5.85. The van der Waals surface area contributed by atoms with E-state index >= 15 is 0 Å². The van der Waals surface area contributed by atoms with E-state index < -0.39 is 0 Å². The first-order chi connectivity index (χ1) is 11.1. The molecule has 122 valence electrons. The van der Waals surface area contributed by atoms with E-state index in [-0.39, 0.29) is 6.03 Å². The fraction of sp³-hybridized carbons (Fsp3) is 0.412. The quantitative estimate of drug-likeness (QED) is 0.862. The Balaban J connectivity index is 1.50. The minimum absolute atomic E-state index is 0.0633. The maximum Gasteiger partial charge on any atom is 0.322 e. The molecule has 2 heterocycles. The molecule has 1 fully saturated rings. The van der Waals surface area contributed by atoms with Crippen molar-refractivity contribution in [2.45, 2.75) is 25.2 Å². The molecule has 6 heteroatoms. The first-order valence-electron chi connectivity index (χ1n) is 7.80. The minimum atomic E-state index is -0.0633. The van der Waals surface area contributed by atoms with Crippen LogP contribution in [0, 0.1) is 19.8 Å². The fourth-order valence-corrected chi connectivity index (χ4v) is 3.78. The van der Waals surface area contributed by atoms with Gasteiger partial charge in [0.15, 0.2) is 5.76 Å². The first-order valence-corrected chi connectivity index (χ1v) is 8.78. The van der Waals surface area contributed by atoms with Crippen LogP contribution < -0.4 is 5.32 Å². The van der Waals surface area contributed by atoms with Crippen molar-refractivity contribution in [3.05, 3.63) is 41.8 Å². The summed E-state index contributed by atoms with van der Waals surface area (Å²) in [5, 5.41) is 6.78. The zero-order chi connectivity index (χ0) is 16.2. The Labute approximate surface area is 140 Å². The summed E-state index contributed by atoms with van der Waals surface area (Å²) in [4.78, 5) is 15.5. The standard InChI is InChI=1S/C17H21N3O2S/c1-12-16(13(2)22-19-12)18-17(21)20-9-8-14(10-20)11-23-15-6-4-3-5-7-15/h3-7,14H,8-11H2,1-2H3,(H,18,21)/t14-/m0/s1. The number of hydrogen-bond donors (Lipinski definition) is 1. The van der Waals surface area contributed by atoms with Crippen molar-refractivity contribution >= 4 is 23.5 Å². The Kier molecular flexibility index (Phi) is 4.91. The van der Waals surface area contributed by atoms with E-state index in [1.165, 1.54) is 4.90 Å². The average molecular weight is 331 g/mol. The predicted molar refractivity (Wildman–Crippen MR) is 91.8 cm³/mol. The summed E-state index contributed by atoms with van der Waals surface area (Å²) >= 11 is 1.86. The number of benzene rings is 1. The smallest absolute Gasteiger partial charge is 0.322 e. The predicted octanol–water partition coefficient (Wildman–Crippen LogP) is 3.94. The molecular weight excluding hydrogens is 310 g/mol. The summed E-state index contributed by atoms with van der Waals surface area (Å²) in [5.74, 6) is 2.22. The number of rotatable bonds is 4. The Morgan fingerprint density at radius 2 is 2.17 bits per heavy atom. The number of aryl methyl sites for hydroxylation is 2. The number of amides is 2. The first kappa shape index (κ1) is 15.9. The lowest BCUT2D eigenvalue weighted by molar-refractivity contribution is 0.221. The van der Waals surface area contributed by atoms with E-state index in [0.717, 1.165) is 25.3 Å². The monoisotopic (exact) mass is 331 g/mol. The molecule has 0 spiro atoms. The number of carbonyl (C=O) groups excluding carboxylic acids is 1. The molecule has 1 aliphatic heterocycles. The molecule has 1 atom stereocenters. The average Bonchev–Trinajstić information content (AvgIpc) is 3.16. The molecule has 1 N–H and O–H groups in total. The van der Waals surface area contributed by atoms with Gasteiger partial charge < -0.3 is 14.7 Å². The summed E-state index contributed by atoms with van der Waals surface area (Å²) in [5.41, 5.74) is 1.41. The molecule has 5 nitrogen and oxygen atoms in total. The number of nitrogens with zero attached hydrogens (tertiary/aromatic N) is 2. The molecule has 2 amide bonds. The highest BCUT2D eigenvalue weighted by molar-refractivity contribution is 7.99. The van der Waals surface area contributed by atoms with Crippen molar-refractivity contribution in [2.75, 3.05) is 24.2 Å². The molecule has 1 aromatic carbocycles. The molecule has 0 radical (unpaired) electrons. The molecule has 3 rings (SSSR count). The number of anilines is 1. The van der Waals surface area contributed by atoms with Gasteiger partial charge in [0, 0.05) is 23.7 Å². The third-order valence-electron chi connectivity index (χ3n) is 4.07. The third-order valence-corrected chi connectivity index (χ3v) is 5.31. The third kappa shape index (κ3) is 3.88. The van der Waals surface area contributed by atoms with Crippen molar-refractivity contribution < 1.29 is 9.32 Å². The molecule has 23 heavy (non-hydrogen) atoms. The highest BCUT2D eigenvalue weighted by Gasteiger charge is 2.27. The number of carbonyl (C=O) groups is 1. The number of urea groups is 1. The second kappa shape index (κ2) is 7.08. The van der Waals surface area contributed by atoms with E-state index in [2.05, 4.69) is 34.7 Å². The normalized spacial score (nSPS) is 17.5. The summed E-state index contributed by atoms with van der Waals surface area (Å²) in [6.07, 6.45) is 1.05. The molecule has 1 aromatic heterocycles. The van der Waals surface area contributed by atoms with Gasteiger partial charge in [-0.3, -0.25) is 0 Å². The van der Waals surface area contributed by atoms with Crippen LogP contribution in [0.5, 0.6) is 0 Å². The van der Waals surface area contributed by atoms with Gasteiger partial charge in [-0.05, 0) is 38.3 Å². The maximum absolute atomic E-state index is 12.4. The van der Waals surface area contributed by atoms with Gasteiger partial charge in [0.2, 0.25) is 0 Å². The van der Waals surface area contributed by atoms with Gasteiger partial charge in [-0.25, -0.2) is 4.79 Å². The van der Waals surface area contributed by atoms with Crippen LogP contribution in [0.1, 0.15) is 17.9 Å². The summed E-state index contributed by atoms with van der Waals surface area (Å²) < 4.78 is 5.08. The van der Waals surface area contributed by atoms with Gasteiger partial charge in [-0.1, -0.05) is 23.4 Å². The largest absolute Gasteiger partial charge is 0.359 e. The molecule has 1 aliphatic rings. The lowest BCUT2D eigenvalue weighted by Crippen LogP contribution is -2.33. The van der Waals surface area contributed by atoms with Gasteiger partial charge in [0.05, 0.1) is 0 Å². The van der Waals surface area contributed by atoms with Gasteiger partial charge in [0.25, 0.3) is 0 Å². The van der Waals surface area contributed by atoms with Crippen LogP contribution in [0.2, 0.25) is 0 Å². The van der Waals surface area contributed by atoms with Crippen LogP contribution >= 0.6 is 11.8 Å². The molecule has 0 unspecified atom stereocenters. The zero-order valence-electron chi connectivity index (χ0n) is 13.4. The highest BCUT2D eigenvalue weighted by atomic mass is 32.2. The fourth-order valence-electron chi connectivity index (χ4n) is 2.73. The minimum Gasteiger partial charge on any atom is -0.359 e. The molecular formula is C17H21N3O2S. The van der Waals surface area contributed by atoms with Crippen molar-refractivity contribution in [3.63, 3.8) is 0 Å². The topological polar surface area (TPSA) is 58.4 Å². The van der Waals surface area contributed by atoms with E-state index in [1.807, 2.05) is 29.7 Å². The Morgan fingerprint density at radius 3 is 2.87 bits per heavy atom. The van der Waals surface area contributed by atoms with Crippen LogP contribution in [-0.2, 0) is 0 Å². The number of aromatic nitrogens is 1. The number of thioether (sulfide) groups is 1. The highest BCUT2D eigenvalue weighted by Crippen LogP contribution is 2.27. The van der Waals surface area contributed by atoms with Crippen molar-refractivity contribution in [1.29, 1.82) is 0 Å². The Hall–Kier alpha value is -1.95. The lowest BCUT2D eigenvalue weighted by atomic mass is 10.2. The van der Waals surface area contributed by atoms with Crippen molar-refractivity contribution in [2.24, 2.45) is 5.92 Å². The zero-order valence-corrected chi connectivity index (χ0v) is 14.2. The molecule has 2 aromatic rings. The SMILES string of the molecule is Cc1noc(C)c1NC(=O)N1CC[C@H](CSc2ccccc2)C1. The van der Waals surface area contributed by atoms with Gasteiger partial charge >= 0.3 is 6.03 Å². The number of nitrogens with one attached hydrogen (secondary N) is 1. The molecule has 0 aliphatic carbocycles. The van der Waals surface area contributed by atoms with Crippen LogP contribution in [0.3, 0.4) is 0 Å². The Bertz CT molecular complexity index is 652. The van der Waals surface area contributed by atoms with Crippen LogP contribution in [0.4, 0.5) is 10.5 Å². The molecule has 1 saturated heterocycles. The molecule has 0 bridgehead atoms. The van der Waals surface area contributed by atoms with Crippen molar-refractivity contribution in [3.8, 4) is 0 Å². The summed E-state index contributed by atoms with van der Waals surface area (Å²) in [7, 11) is 0. The summed E-state index contributed by atoms with van der Waals surface area (Å²) in [6.45, 7) is 5.23. The maximum atomic E-state index is 12.4. The lowest BCUT2D eigenvalue weighted by Gasteiger charge is -2.17. The number of likely N-dealkylation sites (tertiary alicyclic amines) is 1. The molecule has 0 saturated carbocycles. The van der Waals surface area contributed by atoms with E-state index in [4.69, 9.17) is 4.52 Å². The number of hydrogen-bond acceptors (Lipinski definition) is 4. The van der Waals surface area contributed by atoms with Crippen LogP contribution in [0.15, 0.2) is 39.8 Å². The van der Waals surface area contributed by atoms with Gasteiger partial charge in [-0.15, -0.1) is 11.8 Å². The van der Waals surface area contributed by atoms with Crippen LogP contribution in [-0.4, -0.2) is 34.9 Å². The Morgan fingerprint density at radius 1 is 1.39 bits per heavy atom. The van der Waals surface area contributed by atoms with E-state index in [0.29, 0.717) is 23.1 Å². The second-order valence-corrected chi connectivity index (χ2v) is 6.95. The van der Waals surface area contributed by atoms with Crippen molar-refractivity contribution in [1.82, 2.24) is 10.1 Å².